The van der Waals surface area contributed by atoms with Gasteiger partial charge in [0.1, 0.15) is 6.04 Å². The highest BCUT2D eigenvalue weighted by Gasteiger charge is 2.67. The lowest BCUT2D eigenvalue weighted by Gasteiger charge is -2.35. The Bertz CT molecular complexity index is 1400. The van der Waals surface area contributed by atoms with Crippen molar-refractivity contribution in [1.82, 2.24) is 4.90 Å². The van der Waals surface area contributed by atoms with Gasteiger partial charge in [-0.2, -0.15) is 5.26 Å². The highest BCUT2D eigenvalue weighted by atomic mass is 79.9. The fourth-order valence-electron chi connectivity index (χ4n) is 5.38. The minimum atomic E-state index is -1.69. The van der Waals surface area contributed by atoms with Crippen molar-refractivity contribution in [3.05, 3.63) is 105 Å². The molecule has 1 amide bonds. The molecule has 180 valence electrons. The highest BCUT2D eigenvalue weighted by Crippen LogP contribution is 2.60. The predicted molar refractivity (Wildman–Crippen MR) is 141 cm³/mol. The van der Waals surface area contributed by atoms with E-state index in [1.807, 2.05) is 59.5 Å². The molecule has 6 nitrogen and oxygen atoms in total. The molecule has 2 aliphatic heterocycles. The van der Waals surface area contributed by atoms with Gasteiger partial charge in [0, 0.05) is 27.3 Å². The molecule has 8 heteroatoms. The summed E-state index contributed by atoms with van der Waals surface area (Å²) in [6.07, 6.45) is 3.70. The van der Waals surface area contributed by atoms with Crippen LogP contribution in [0.5, 0.6) is 0 Å². The van der Waals surface area contributed by atoms with Crippen LogP contribution in [0.2, 0.25) is 5.02 Å². The van der Waals surface area contributed by atoms with Gasteiger partial charge in [-0.25, -0.2) is 0 Å². The number of fused-ring (bicyclic) bond motifs is 3. The number of anilines is 1. The van der Waals surface area contributed by atoms with Gasteiger partial charge in [0.05, 0.1) is 19.2 Å². The van der Waals surface area contributed by atoms with E-state index in [-0.39, 0.29) is 5.91 Å². The summed E-state index contributed by atoms with van der Waals surface area (Å²) in [7, 11) is 1.27. The maximum absolute atomic E-state index is 13.9. The summed E-state index contributed by atoms with van der Waals surface area (Å²) < 4.78 is 6.10. The average Bonchev–Trinajstić information content (AvgIpc) is 3.22. The molecule has 0 unspecified atom stereocenters. The van der Waals surface area contributed by atoms with Crippen LogP contribution in [-0.2, 0) is 14.3 Å². The number of carbonyl (C=O) groups is 2. The normalized spacial score (nSPS) is 23.8. The SMILES string of the molecule is COC(=O)[C@]1(C#N)[C@H](c2ccc(Br)cc2)[C@H](C(=O)Nc2ccc(Cl)cc2)N2C=Cc3ccccc3[C@H]21. The Balaban J connectivity index is 1.72. The molecule has 0 spiro atoms. The number of nitrogens with one attached hydrogen (secondary N) is 1. The number of halogens is 2. The van der Waals surface area contributed by atoms with Gasteiger partial charge < -0.3 is 15.0 Å². The third-order valence-corrected chi connectivity index (χ3v) is 7.67. The lowest BCUT2D eigenvalue weighted by atomic mass is 9.67. The number of methoxy groups -OCH3 is 1. The molecule has 0 bridgehead atoms. The number of hydrogen-bond donors (Lipinski definition) is 1. The second-order valence-corrected chi connectivity index (χ2v) is 10.1. The van der Waals surface area contributed by atoms with Gasteiger partial charge in [-0.3, -0.25) is 9.59 Å². The molecule has 0 aromatic heterocycles. The topological polar surface area (TPSA) is 82.4 Å². The maximum Gasteiger partial charge on any atom is 0.329 e. The molecule has 3 aromatic rings. The van der Waals surface area contributed by atoms with Crippen LogP contribution in [0.25, 0.3) is 6.08 Å². The Labute approximate surface area is 222 Å². The molecular weight excluding hydrogens is 542 g/mol. The van der Waals surface area contributed by atoms with E-state index in [0.717, 1.165) is 15.6 Å². The fourth-order valence-corrected chi connectivity index (χ4v) is 5.78. The van der Waals surface area contributed by atoms with Gasteiger partial charge in [-0.1, -0.05) is 63.9 Å². The van der Waals surface area contributed by atoms with Gasteiger partial charge in [-0.15, -0.1) is 0 Å². The number of esters is 1. The molecule has 0 aliphatic carbocycles. The largest absolute Gasteiger partial charge is 0.468 e. The summed E-state index contributed by atoms with van der Waals surface area (Å²) in [5, 5.41) is 14.2. The quantitative estimate of drug-likeness (QED) is 0.399. The van der Waals surface area contributed by atoms with Crippen LogP contribution in [0.4, 0.5) is 5.69 Å². The number of rotatable bonds is 4. The summed E-state index contributed by atoms with van der Waals surface area (Å²) in [6.45, 7) is 0. The van der Waals surface area contributed by atoms with Crippen LogP contribution in [0.15, 0.2) is 83.5 Å². The summed E-state index contributed by atoms with van der Waals surface area (Å²) in [6, 6.07) is 22.4. The maximum atomic E-state index is 13.9. The van der Waals surface area contributed by atoms with Gasteiger partial charge in [0.25, 0.3) is 0 Å². The first-order valence-corrected chi connectivity index (χ1v) is 12.4. The molecule has 36 heavy (non-hydrogen) atoms. The van der Waals surface area contributed by atoms with E-state index >= 15 is 0 Å². The molecule has 1 N–H and O–H groups in total. The van der Waals surface area contributed by atoms with E-state index < -0.39 is 29.4 Å². The average molecular weight is 563 g/mol. The Morgan fingerprint density at radius 2 is 1.78 bits per heavy atom. The van der Waals surface area contributed by atoms with Crippen molar-refractivity contribution < 1.29 is 14.3 Å². The van der Waals surface area contributed by atoms with Gasteiger partial charge in [-0.05, 0) is 59.2 Å². The van der Waals surface area contributed by atoms with Crippen LogP contribution in [0, 0.1) is 16.7 Å². The molecule has 2 heterocycles. The Hall–Kier alpha value is -3.60. The third kappa shape index (κ3) is 3.78. The number of amides is 1. The zero-order valence-electron chi connectivity index (χ0n) is 19.2. The van der Waals surface area contributed by atoms with E-state index in [0.29, 0.717) is 16.3 Å². The standard InChI is InChI=1S/C28H21BrClN3O3/c1-36-27(35)28(16-31)23(18-6-8-19(29)9-7-18)24(26(34)32-21-12-10-20(30)11-13-21)33-15-14-17-4-2-3-5-22(17)25(28)33/h2-15,23-25H,1H3,(H,32,34)/t23-,24-,25+,28-/m1/s1. The monoisotopic (exact) mass is 561 g/mol. The van der Waals surface area contributed by atoms with Crippen molar-refractivity contribution in [2.45, 2.75) is 18.0 Å². The molecule has 3 aromatic carbocycles. The van der Waals surface area contributed by atoms with Crippen LogP contribution in [0.3, 0.4) is 0 Å². The Kier molecular flexibility index (Phi) is 6.33. The second-order valence-electron chi connectivity index (χ2n) is 8.74. The minimum Gasteiger partial charge on any atom is -0.468 e. The lowest BCUT2D eigenvalue weighted by molar-refractivity contribution is -0.151. The first-order chi connectivity index (χ1) is 17.4. The number of nitriles is 1. The molecule has 0 saturated carbocycles. The van der Waals surface area contributed by atoms with Crippen molar-refractivity contribution >= 4 is 51.2 Å². The predicted octanol–water partition coefficient (Wildman–Crippen LogP) is 5.92. The number of hydrogen-bond acceptors (Lipinski definition) is 5. The summed E-state index contributed by atoms with van der Waals surface area (Å²) in [4.78, 5) is 29.4. The summed E-state index contributed by atoms with van der Waals surface area (Å²) >= 11 is 9.47. The van der Waals surface area contributed by atoms with Crippen molar-refractivity contribution in [1.29, 1.82) is 5.26 Å². The van der Waals surface area contributed by atoms with Crippen LogP contribution in [-0.4, -0.2) is 29.9 Å². The number of carbonyl (C=O) groups excluding carboxylic acids is 2. The van der Waals surface area contributed by atoms with Crippen molar-refractivity contribution in [3.8, 4) is 6.07 Å². The first-order valence-electron chi connectivity index (χ1n) is 11.3. The Morgan fingerprint density at radius 1 is 1.08 bits per heavy atom. The number of nitrogens with zero attached hydrogens (tertiary/aromatic N) is 2. The zero-order chi connectivity index (χ0) is 25.4. The van der Waals surface area contributed by atoms with Crippen molar-refractivity contribution in [2.75, 3.05) is 12.4 Å². The molecule has 4 atom stereocenters. The molecule has 1 fully saturated rings. The molecule has 5 rings (SSSR count). The van der Waals surface area contributed by atoms with E-state index in [4.69, 9.17) is 16.3 Å². The van der Waals surface area contributed by atoms with Gasteiger partial charge >= 0.3 is 5.97 Å². The molecule has 2 aliphatic rings. The highest BCUT2D eigenvalue weighted by molar-refractivity contribution is 9.10. The first kappa shape index (κ1) is 24.1. The van der Waals surface area contributed by atoms with E-state index in [1.54, 1.807) is 30.5 Å². The molecular formula is C28H21BrClN3O3. The zero-order valence-corrected chi connectivity index (χ0v) is 21.5. The lowest BCUT2D eigenvalue weighted by Crippen LogP contribution is -2.42. The molecule has 0 radical (unpaired) electrons. The summed E-state index contributed by atoms with van der Waals surface area (Å²) in [5.41, 5.74) is 1.23. The smallest absolute Gasteiger partial charge is 0.329 e. The van der Waals surface area contributed by atoms with Gasteiger partial charge in [0.15, 0.2) is 5.41 Å². The van der Waals surface area contributed by atoms with Crippen LogP contribution in [0.1, 0.15) is 28.7 Å². The van der Waals surface area contributed by atoms with E-state index in [2.05, 4.69) is 27.3 Å². The summed E-state index contributed by atoms with van der Waals surface area (Å²) in [5.74, 6) is -1.85. The Morgan fingerprint density at radius 3 is 2.44 bits per heavy atom. The van der Waals surface area contributed by atoms with Crippen LogP contribution >= 0.6 is 27.5 Å². The fraction of sp³-hybridized carbons (Fsp3) is 0.179. The second kappa shape index (κ2) is 9.45. The van der Waals surface area contributed by atoms with E-state index in [9.17, 15) is 14.9 Å². The minimum absolute atomic E-state index is 0.347. The van der Waals surface area contributed by atoms with Crippen molar-refractivity contribution in [3.63, 3.8) is 0 Å². The number of ether oxygens (including phenoxy) is 1. The van der Waals surface area contributed by atoms with E-state index in [1.165, 1.54) is 7.11 Å². The van der Waals surface area contributed by atoms with Crippen LogP contribution < -0.4 is 5.32 Å². The van der Waals surface area contributed by atoms with Gasteiger partial charge in [0.2, 0.25) is 5.91 Å². The third-order valence-electron chi connectivity index (χ3n) is 6.89. The number of benzene rings is 3. The molecule has 1 saturated heterocycles. The van der Waals surface area contributed by atoms with Crippen molar-refractivity contribution in [2.24, 2.45) is 5.41 Å².